The Kier molecular flexibility index (Phi) is 3.43. The van der Waals surface area contributed by atoms with Crippen molar-refractivity contribution in [2.45, 2.75) is 32.4 Å². The molecule has 0 aromatic heterocycles. The summed E-state index contributed by atoms with van der Waals surface area (Å²) in [5.41, 5.74) is 3.04. The summed E-state index contributed by atoms with van der Waals surface area (Å²) in [4.78, 5) is 2.23. The number of nitrogens with zero attached hydrogens (tertiary/aromatic N) is 1. The first-order chi connectivity index (χ1) is 9.63. The van der Waals surface area contributed by atoms with Crippen LogP contribution in [0.1, 0.15) is 24.5 Å². The smallest absolute Gasteiger partial charge is 0.123 e. The van der Waals surface area contributed by atoms with Crippen LogP contribution in [-0.2, 0) is 13.0 Å². The van der Waals surface area contributed by atoms with Gasteiger partial charge in [-0.3, -0.25) is 0 Å². The molecule has 0 spiro atoms. The largest absolute Gasteiger partial charge is 0.364 e. The summed E-state index contributed by atoms with van der Waals surface area (Å²) in [6.07, 6.45) is 1.89. The van der Waals surface area contributed by atoms with E-state index in [-0.39, 0.29) is 11.6 Å². The molecule has 3 rings (SSSR count). The van der Waals surface area contributed by atoms with Crippen molar-refractivity contribution in [2.75, 3.05) is 4.90 Å². The lowest BCUT2D eigenvalue weighted by Gasteiger charge is -2.37. The van der Waals surface area contributed by atoms with Gasteiger partial charge in [0.25, 0.3) is 0 Å². The molecule has 104 valence electrons. The molecule has 0 radical (unpaired) electrons. The number of anilines is 1. The molecule has 20 heavy (non-hydrogen) atoms. The van der Waals surface area contributed by atoms with Crippen molar-refractivity contribution < 1.29 is 8.78 Å². The average molecular weight is 273 g/mol. The minimum Gasteiger partial charge on any atom is -0.364 e. The fourth-order valence-electron chi connectivity index (χ4n) is 2.87. The second-order valence-corrected chi connectivity index (χ2v) is 5.42. The van der Waals surface area contributed by atoms with Crippen LogP contribution in [-0.4, -0.2) is 6.04 Å². The number of halogens is 2. The molecule has 2 aromatic carbocycles. The van der Waals surface area contributed by atoms with Gasteiger partial charge in [-0.05, 0) is 61.2 Å². The molecule has 0 aliphatic carbocycles. The van der Waals surface area contributed by atoms with Gasteiger partial charge in [-0.15, -0.1) is 0 Å². The third kappa shape index (κ3) is 2.53. The number of hydrogen-bond donors (Lipinski definition) is 0. The molecule has 1 heterocycles. The molecular weight excluding hydrogens is 256 g/mol. The summed E-state index contributed by atoms with van der Waals surface area (Å²) in [7, 11) is 0. The van der Waals surface area contributed by atoms with Gasteiger partial charge in [0.05, 0.1) is 0 Å². The van der Waals surface area contributed by atoms with E-state index in [4.69, 9.17) is 0 Å². The zero-order valence-corrected chi connectivity index (χ0v) is 11.4. The standard InChI is InChI=1S/C17H17F2N/c1-12-5-6-14-10-16(19)7-8-17(14)20(12)11-13-3-2-4-15(18)9-13/h2-4,7-10,12H,5-6,11H2,1H3. The molecule has 0 N–H and O–H groups in total. The van der Waals surface area contributed by atoms with Crippen LogP contribution < -0.4 is 4.90 Å². The third-order valence-electron chi connectivity index (χ3n) is 3.96. The fourth-order valence-corrected chi connectivity index (χ4v) is 2.87. The van der Waals surface area contributed by atoms with Crippen LogP contribution in [0.25, 0.3) is 0 Å². The Bertz CT molecular complexity index is 624. The summed E-state index contributed by atoms with van der Waals surface area (Å²) in [6.45, 7) is 2.81. The quantitative estimate of drug-likeness (QED) is 0.788. The second kappa shape index (κ2) is 5.23. The minimum absolute atomic E-state index is 0.191. The van der Waals surface area contributed by atoms with Crippen LogP contribution in [0.15, 0.2) is 42.5 Å². The summed E-state index contributed by atoms with van der Waals surface area (Å²) in [5, 5.41) is 0. The number of fused-ring (bicyclic) bond motifs is 1. The summed E-state index contributed by atoms with van der Waals surface area (Å²) in [6, 6.07) is 12.0. The highest BCUT2D eigenvalue weighted by atomic mass is 19.1. The molecular formula is C17H17F2N. The monoisotopic (exact) mass is 273 g/mol. The van der Waals surface area contributed by atoms with Crippen LogP contribution in [0.4, 0.5) is 14.5 Å². The van der Waals surface area contributed by atoms with E-state index in [1.165, 1.54) is 12.1 Å². The van der Waals surface area contributed by atoms with Gasteiger partial charge in [-0.25, -0.2) is 8.78 Å². The SMILES string of the molecule is CC1CCc2cc(F)ccc2N1Cc1cccc(F)c1. The molecule has 1 unspecified atom stereocenters. The zero-order valence-electron chi connectivity index (χ0n) is 11.4. The van der Waals surface area contributed by atoms with Crippen LogP contribution >= 0.6 is 0 Å². The first-order valence-corrected chi connectivity index (χ1v) is 6.93. The van der Waals surface area contributed by atoms with Crippen molar-refractivity contribution in [1.29, 1.82) is 0 Å². The molecule has 1 atom stereocenters. The molecule has 0 saturated carbocycles. The van der Waals surface area contributed by atoms with Gasteiger partial charge >= 0.3 is 0 Å². The van der Waals surface area contributed by atoms with E-state index in [1.807, 2.05) is 12.1 Å². The van der Waals surface area contributed by atoms with E-state index in [0.29, 0.717) is 12.6 Å². The van der Waals surface area contributed by atoms with Crippen LogP contribution in [0.2, 0.25) is 0 Å². The van der Waals surface area contributed by atoms with E-state index >= 15 is 0 Å². The Morgan fingerprint density at radius 1 is 1.10 bits per heavy atom. The van der Waals surface area contributed by atoms with Gasteiger partial charge < -0.3 is 4.90 Å². The van der Waals surface area contributed by atoms with E-state index in [9.17, 15) is 8.78 Å². The van der Waals surface area contributed by atoms with Crippen molar-refractivity contribution in [3.05, 3.63) is 65.2 Å². The molecule has 1 nitrogen and oxygen atoms in total. The lowest BCUT2D eigenvalue weighted by molar-refractivity contribution is 0.552. The van der Waals surface area contributed by atoms with E-state index < -0.39 is 0 Å². The maximum Gasteiger partial charge on any atom is 0.123 e. The van der Waals surface area contributed by atoms with E-state index in [2.05, 4.69) is 11.8 Å². The van der Waals surface area contributed by atoms with E-state index in [1.54, 1.807) is 18.2 Å². The molecule has 2 aromatic rings. The molecule has 0 bridgehead atoms. The average Bonchev–Trinajstić information content (AvgIpc) is 2.42. The van der Waals surface area contributed by atoms with Crippen LogP contribution in [0, 0.1) is 11.6 Å². The van der Waals surface area contributed by atoms with Gasteiger partial charge in [-0.2, -0.15) is 0 Å². The molecule has 3 heteroatoms. The number of benzene rings is 2. The van der Waals surface area contributed by atoms with Crippen LogP contribution in [0.3, 0.4) is 0 Å². The van der Waals surface area contributed by atoms with Gasteiger partial charge in [0, 0.05) is 18.3 Å². The van der Waals surface area contributed by atoms with Crippen molar-refractivity contribution >= 4 is 5.69 Å². The predicted octanol–water partition coefficient (Wildman–Crippen LogP) is 4.31. The molecule has 1 aliphatic rings. The van der Waals surface area contributed by atoms with E-state index in [0.717, 1.165) is 29.7 Å². The highest BCUT2D eigenvalue weighted by Crippen LogP contribution is 2.32. The first-order valence-electron chi connectivity index (χ1n) is 6.93. The summed E-state index contributed by atoms with van der Waals surface area (Å²) >= 11 is 0. The highest BCUT2D eigenvalue weighted by Gasteiger charge is 2.23. The number of hydrogen-bond acceptors (Lipinski definition) is 1. The van der Waals surface area contributed by atoms with Crippen molar-refractivity contribution in [3.8, 4) is 0 Å². The Labute approximate surface area is 117 Å². The predicted molar refractivity (Wildman–Crippen MR) is 76.8 cm³/mol. The topological polar surface area (TPSA) is 3.24 Å². The summed E-state index contributed by atoms with van der Waals surface area (Å²) < 4.78 is 26.6. The molecule has 0 amide bonds. The van der Waals surface area contributed by atoms with Gasteiger partial charge in [0.1, 0.15) is 11.6 Å². The lowest BCUT2D eigenvalue weighted by atomic mass is 9.96. The lowest BCUT2D eigenvalue weighted by Crippen LogP contribution is -2.36. The van der Waals surface area contributed by atoms with Crippen molar-refractivity contribution in [2.24, 2.45) is 0 Å². The number of rotatable bonds is 2. The third-order valence-corrected chi connectivity index (χ3v) is 3.96. The molecule has 0 fully saturated rings. The zero-order chi connectivity index (χ0) is 14.1. The fraction of sp³-hybridized carbons (Fsp3) is 0.294. The van der Waals surface area contributed by atoms with Gasteiger partial charge in [0.2, 0.25) is 0 Å². The second-order valence-electron chi connectivity index (χ2n) is 5.42. The molecule has 1 aliphatic heterocycles. The maximum absolute atomic E-state index is 13.3. The first kappa shape index (κ1) is 13.1. The van der Waals surface area contributed by atoms with Crippen molar-refractivity contribution in [3.63, 3.8) is 0 Å². The van der Waals surface area contributed by atoms with Gasteiger partial charge in [0.15, 0.2) is 0 Å². The normalized spacial score (nSPS) is 17.9. The highest BCUT2D eigenvalue weighted by molar-refractivity contribution is 5.57. The van der Waals surface area contributed by atoms with Crippen LogP contribution in [0.5, 0.6) is 0 Å². The Morgan fingerprint density at radius 2 is 1.90 bits per heavy atom. The maximum atomic E-state index is 13.3. The Balaban J connectivity index is 1.93. The molecule has 0 saturated heterocycles. The minimum atomic E-state index is -0.216. The summed E-state index contributed by atoms with van der Waals surface area (Å²) in [5.74, 6) is -0.407. The number of aryl methyl sites for hydroxylation is 1. The Hall–Kier alpha value is -1.90. The van der Waals surface area contributed by atoms with Crippen molar-refractivity contribution in [1.82, 2.24) is 0 Å². The van der Waals surface area contributed by atoms with Gasteiger partial charge in [-0.1, -0.05) is 12.1 Å². The Morgan fingerprint density at radius 3 is 2.70 bits per heavy atom.